The third kappa shape index (κ3) is 5.11. The van der Waals surface area contributed by atoms with Crippen molar-refractivity contribution in [1.82, 2.24) is 5.32 Å². The first-order valence-corrected chi connectivity index (χ1v) is 6.93. The Morgan fingerprint density at radius 3 is 2.87 bits per heavy atom. The summed E-state index contributed by atoms with van der Waals surface area (Å²) < 4.78 is 1.19. The minimum Gasteiger partial charge on any atom is -0.396 e. The number of hydrogen-bond donors (Lipinski definition) is 2. The van der Waals surface area contributed by atoms with Crippen LogP contribution in [0.1, 0.15) is 18.2 Å². The molecular formula is C11H18BrNOS. The van der Waals surface area contributed by atoms with E-state index in [1.807, 2.05) is 0 Å². The molecule has 1 aromatic rings. The number of aliphatic hydroxyl groups excluding tert-OH is 1. The average molecular weight is 292 g/mol. The van der Waals surface area contributed by atoms with Crippen molar-refractivity contribution in [2.75, 3.05) is 19.7 Å². The summed E-state index contributed by atoms with van der Waals surface area (Å²) in [6.45, 7) is 4.30. The van der Waals surface area contributed by atoms with Gasteiger partial charge in [0.05, 0.1) is 3.79 Å². The standard InChI is InChI=1S/C11H18BrNOS/c1-2-9(8-14)7-13-6-5-10-3-4-11(12)15-10/h3-4,9,13-14H,2,5-8H2,1H3. The maximum absolute atomic E-state index is 9.00. The third-order valence-corrected chi connectivity index (χ3v) is 4.13. The number of aliphatic hydroxyl groups is 1. The second-order valence-electron chi connectivity index (χ2n) is 3.62. The lowest BCUT2D eigenvalue weighted by atomic mass is 10.1. The van der Waals surface area contributed by atoms with Crippen molar-refractivity contribution >= 4 is 27.3 Å². The fourth-order valence-corrected chi connectivity index (χ4v) is 2.82. The van der Waals surface area contributed by atoms with Gasteiger partial charge in [0.1, 0.15) is 0 Å². The van der Waals surface area contributed by atoms with Gasteiger partial charge in [0.2, 0.25) is 0 Å². The van der Waals surface area contributed by atoms with Crippen LogP contribution in [0.3, 0.4) is 0 Å². The highest BCUT2D eigenvalue weighted by Gasteiger charge is 2.03. The number of thiophene rings is 1. The smallest absolute Gasteiger partial charge is 0.0701 e. The number of rotatable bonds is 7. The summed E-state index contributed by atoms with van der Waals surface area (Å²) in [6.07, 6.45) is 2.10. The molecule has 0 aromatic carbocycles. The highest BCUT2D eigenvalue weighted by molar-refractivity contribution is 9.11. The summed E-state index contributed by atoms with van der Waals surface area (Å²) in [6, 6.07) is 4.24. The maximum Gasteiger partial charge on any atom is 0.0701 e. The molecule has 0 saturated carbocycles. The third-order valence-electron chi connectivity index (χ3n) is 2.45. The fourth-order valence-electron chi connectivity index (χ4n) is 1.34. The van der Waals surface area contributed by atoms with Crippen LogP contribution in [0, 0.1) is 5.92 Å². The molecule has 1 aromatic heterocycles. The predicted molar refractivity (Wildman–Crippen MR) is 69.5 cm³/mol. The second kappa shape index (κ2) is 7.39. The zero-order valence-corrected chi connectivity index (χ0v) is 11.4. The Balaban J connectivity index is 2.11. The van der Waals surface area contributed by atoms with Crippen LogP contribution in [-0.4, -0.2) is 24.8 Å². The maximum atomic E-state index is 9.00. The highest BCUT2D eigenvalue weighted by atomic mass is 79.9. The molecule has 0 radical (unpaired) electrons. The van der Waals surface area contributed by atoms with Gasteiger partial charge in [-0.05, 0) is 53.4 Å². The van der Waals surface area contributed by atoms with Gasteiger partial charge >= 0.3 is 0 Å². The Morgan fingerprint density at radius 1 is 1.53 bits per heavy atom. The molecule has 0 amide bonds. The van der Waals surface area contributed by atoms with E-state index in [2.05, 4.69) is 40.3 Å². The Labute approximate surface area is 104 Å². The van der Waals surface area contributed by atoms with Crippen molar-refractivity contribution in [3.63, 3.8) is 0 Å². The van der Waals surface area contributed by atoms with Crippen molar-refractivity contribution < 1.29 is 5.11 Å². The van der Waals surface area contributed by atoms with E-state index in [0.717, 1.165) is 25.9 Å². The van der Waals surface area contributed by atoms with E-state index in [-0.39, 0.29) is 6.61 Å². The van der Waals surface area contributed by atoms with Crippen LogP contribution in [0.4, 0.5) is 0 Å². The molecule has 4 heteroatoms. The quantitative estimate of drug-likeness (QED) is 0.757. The molecule has 0 bridgehead atoms. The van der Waals surface area contributed by atoms with Crippen molar-refractivity contribution in [2.24, 2.45) is 5.92 Å². The van der Waals surface area contributed by atoms with Crippen molar-refractivity contribution in [1.29, 1.82) is 0 Å². The molecule has 0 saturated heterocycles. The summed E-state index contributed by atoms with van der Waals surface area (Å²) in [7, 11) is 0. The Kier molecular flexibility index (Phi) is 6.48. The Morgan fingerprint density at radius 2 is 2.33 bits per heavy atom. The summed E-state index contributed by atoms with van der Waals surface area (Å²) in [5.41, 5.74) is 0. The van der Waals surface area contributed by atoms with Crippen LogP contribution in [0.25, 0.3) is 0 Å². The largest absolute Gasteiger partial charge is 0.396 e. The van der Waals surface area contributed by atoms with E-state index >= 15 is 0 Å². The van der Waals surface area contributed by atoms with E-state index in [0.29, 0.717) is 5.92 Å². The number of hydrogen-bond acceptors (Lipinski definition) is 3. The van der Waals surface area contributed by atoms with Gasteiger partial charge in [-0.15, -0.1) is 11.3 Å². The molecule has 1 heterocycles. The summed E-state index contributed by atoms with van der Waals surface area (Å²) >= 11 is 5.24. The molecule has 1 rings (SSSR count). The first-order chi connectivity index (χ1) is 7.26. The lowest BCUT2D eigenvalue weighted by Gasteiger charge is -2.11. The molecule has 0 spiro atoms. The van der Waals surface area contributed by atoms with Crippen molar-refractivity contribution in [3.8, 4) is 0 Å². The predicted octanol–water partition coefficient (Wildman–Crippen LogP) is 2.66. The van der Waals surface area contributed by atoms with Crippen molar-refractivity contribution in [2.45, 2.75) is 19.8 Å². The SMILES string of the molecule is CCC(CO)CNCCc1ccc(Br)s1. The molecule has 2 N–H and O–H groups in total. The number of halogens is 1. The topological polar surface area (TPSA) is 32.3 Å². The van der Waals surface area contributed by atoms with Gasteiger partial charge in [-0.3, -0.25) is 0 Å². The molecule has 1 unspecified atom stereocenters. The molecule has 1 atom stereocenters. The van der Waals surface area contributed by atoms with E-state index in [1.54, 1.807) is 11.3 Å². The van der Waals surface area contributed by atoms with E-state index in [1.165, 1.54) is 8.66 Å². The van der Waals surface area contributed by atoms with Gasteiger partial charge in [-0.2, -0.15) is 0 Å². The van der Waals surface area contributed by atoms with Crippen LogP contribution in [0.15, 0.2) is 15.9 Å². The molecule has 0 aliphatic carbocycles. The zero-order chi connectivity index (χ0) is 11.1. The van der Waals surface area contributed by atoms with E-state index < -0.39 is 0 Å². The van der Waals surface area contributed by atoms with Crippen molar-refractivity contribution in [3.05, 3.63) is 20.8 Å². The molecular weight excluding hydrogens is 274 g/mol. The summed E-state index contributed by atoms with van der Waals surface area (Å²) in [5, 5.41) is 12.4. The summed E-state index contributed by atoms with van der Waals surface area (Å²) in [4.78, 5) is 1.39. The summed E-state index contributed by atoms with van der Waals surface area (Å²) in [5.74, 6) is 0.403. The van der Waals surface area contributed by atoms with Gasteiger partial charge in [-0.25, -0.2) is 0 Å². The van der Waals surface area contributed by atoms with Crippen LogP contribution in [-0.2, 0) is 6.42 Å². The molecule has 86 valence electrons. The lowest BCUT2D eigenvalue weighted by Crippen LogP contribution is -2.26. The molecule has 0 aliphatic rings. The highest BCUT2D eigenvalue weighted by Crippen LogP contribution is 2.21. The van der Waals surface area contributed by atoms with Gasteiger partial charge < -0.3 is 10.4 Å². The van der Waals surface area contributed by atoms with Gasteiger partial charge in [-0.1, -0.05) is 6.92 Å². The average Bonchev–Trinajstić information content (AvgIpc) is 2.65. The Bertz CT molecular complexity index is 273. The minimum atomic E-state index is 0.286. The number of nitrogens with one attached hydrogen (secondary N) is 1. The van der Waals surface area contributed by atoms with Gasteiger partial charge in [0.25, 0.3) is 0 Å². The van der Waals surface area contributed by atoms with Crippen LogP contribution >= 0.6 is 27.3 Å². The van der Waals surface area contributed by atoms with Crippen LogP contribution in [0.5, 0.6) is 0 Å². The fraction of sp³-hybridized carbons (Fsp3) is 0.636. The van der Waals surface area contributed by atoms with Gasteiger partial charge in [0, 0.05) is 18.0 Å². The minimum absolute atomic E-state index is 0.286. The molecule has 2 nitrogen and oxygen atoms in total. The van der Waals surface area contributed by atoms with E-state index in [9.17, 15) is 0 Å². The zero-order valence-electron chi connectivity index (χ0n) is 9.00. The normalized spacial score (nSPS) is 13.0. The molecule has 15 heavy (non-hydrogen) atoms. The van der Waals surface area contributed by atoms with Gasteiger partial charge in [0.15, 0.2) is 0 Å². The van der Waals surface area contributed by atoms with Crippen LogP contribution in [0.2, 0.25) is 0 Å². The first-order valence-electron chi connectivity index (χ1n) is 5.32. The van der Waals surface area contributed by atoms with E-state index in [4.69, 9.17) is 5.11 Å². The monoisotopic (exact) mass is 291 g/mol. The van der Waals surface area contributed by atoms with Crippen LogP contribution < -0.4 is 5.32 Å². The second-order valence-corrected chi connectivity index (χ2v) is 6.16. The first kappa shape index (κ1) is 13.2. The molecule has 0 aliphatic heterocycles. The Hall–Kier alpha value is 0.1000. The molecule has 0 fully saturated rings. The lowest BCUT2D eigenvalue weighted by molar-refractivity contribution is 0.219.